The van der Waals surface area contributed by atoms with Crippen molar-refractivity contribution >= 4 is 21.6 Å². The zero-order valence-electron chi connectivity index (χ0n) is 15.1. The molecular weight excluding hydrogens is 366 g/mol. The molecule has 1 aromatic heterocycles. The molecule has 3 rings (SSSR count). The van der Waals surface area contributed by atoms with Crippen LogP contribution in [0.5, 0.6) is 5.88 Å². The van der Waals surface area contributed by atoms with Crippen LogP contribution in [0.4, 0.5) is 5.69 Å². The predicted octanol–water partition coefficient (Wildman–Crippen LogP) is 2.84. The monoisotopic (exact) mass is 389 g/mol. The molecule has 1 amide bonds. The first-order chi connectivity index (χ1) is 12.9. The molecule has 1 aliphatic rings. The maximum absolute atomic E-state index is 12.5. The molecule has 144 valence electrons. The Bertz CT molecular complexity index is 891. The van der Waals surface area contributed by atoms with Gasteiger partial charge in [0.05, 0.1) is 4.90 Å². The van der Waals surface area contributed by atoms with Crippen molar-refractivity contribution < 1.29 is 17.9 Å². The highest BCUT2D eigenvalue weighted by atomic mass is 32.2. The Morgan fingerprint density at radius 1 is 1.19 bits per heavy atom. The van der Waals surface area contributed by atoms with Crippen molar-refractivity contribution in [2.75, 3.05) is 5.32 Å². The lowest BCUT2D eigenvalue weighted by Crippen LogP contribution is -2.24. The third-order valence-electron chi connectivity index (χ3n) is 4.37. The summed E-state index contributed by atoms with van der Waals surface area (Å²) in [6, 6.07) is 9.57. The number of aromatic nitrogens is 1. The van der Waals surface area contributed by atoms with E-state index in [-0.39, 0.29) is 23.5 Å². The average molecular weight is 389 g/mol. The largest absolute Gasteiger partial charge is 0.474 e. The van der Waals surface area contributed by atoms with Crippen LogP contribution < -0.4 is 14.8 Å². The second kappa shape index (κ2) is 8.49. The summed E-state index contributed by atoms with van der Waals surface area (Å²) in [6.07, 6.45) is 6.09. The third kappa shape index (κ3) is 5.27. The zero-order chi connectivity index (χ0) is 19.3. The fourth-order valence-corrected chi connectivity index (χ4v) is 4.01. The summed E-state index contributed by atoms with van der Waals surface area (Å²) in [5.41, 5.74) is 1.24. The molecule has 1 fully saturated rings. The number of nitrogens with one attached hydrogen (secondary N) is 2. The Morgan fingerprint density at radius 3 is 2.56 bits per heavy atom. The van der Waals surface area contributed by atoms with E-state index in [1.165, 1.54) is 19.1 Å². The third-order valence-corrected chi connectivity index (χ3v) is 5.79. The average Bonchev–Trinajstić information content (AvgIpc) is 3.14. The van der Waals surface area contributed by atoms with Crippen molar-refractivity contribution in [1.82, 2.24) is 9.71 Å². The number of anilines is 1. The molecule has 8 heteroatoms. The van der Waals surface area contributed by atoms with Crippen LogP contribution in [0.1, 0.15) is 38.2 Å². The van der Waals surface area contributed by atoms with Gasteiger partial charge in [0.25, 0.3) is 0 Å². The smallest absolute Gasteiger partial charge is 0.240 e. The lowest BCUT2D eigenvalue weighted by atomic mass is 10.2. The molecule has 0 bridgehead atoms. The number of hydrogen-bond acceptors (Lipinski definition) is 5. The molecule has 2 N–H and O–H groups in total. The first-order valence-electron chi connectivity index (χ1n) is 8.92. The summed E-state index contributed by atoms with van der Waals surface area (Å²) in [6.45, 7) is 1.48. The predicted molar refractivity (Wildman–Crippen MR) is 102 cm³/mol. The molecular formula is C19H23N3O4S. The number of carbonyl (C=O) groups is 1. The van der Waals surface area contributed by atoms with Gasteiger partial charge in [-0.3, -0.25) is 4.79 Å². The van der Waals surface area contributed by atoms with E-state index in [9.17, 15) is 13.2 Å². The number of carbonyl (C=O) groups excluding carboxylic acids is 1. The molecule has 0 spiro atoms. The Hall–Kier alpha value is -2.45. The number of hydrogen-bond donors (Lipinski definition) is 2. The molecule has 27 heavy (non-hydrogen) atoms. The minimum Gasteiger partial charge on any atom is -0.474 e. The lowest BCUT2D eigenvalue weighted by molar-refractivity contribution is -0.114. The standard InChI is InChI=1S/C19H23N3O4S/c1-14(23)22-16-8-10-18(11-9-16)27(24,25)21-13-15-5-4-12-20-19(15)26-17-6-2-3-7-17/h4-5,8-12,17,21H,2-3,6-7,13H2,1H3,(H,22,23). The van der Waals surface area contributed by atoms with E-state index in [2.05, 4.69) is 15.0 Å². The highest BCUT2D eigenvalue weighted by Crippen LogP contribution is 2.25. The lowest BCUT2D eigenvalue weighted by Gasteiger charge is -2.15. The van der Waals surface area contributed by atoms with E-state index in [1.54, 1.807) is 30.5 Å². The maximum Gasteiger partial charge on any atom is 0.240 e. The molecule has 0 atom stereocenters. The number of pyridine rings is 1. The molecule has 1 aromatic carbocycles. The van der Waals surface area contributed by atoms with E-state index in [1.807, 2.05) is 0 Å². The second-order valence-corrected chi connectivity index (χ2v) is 8.29. The van der Waals surface area contributed by atoms with Gasteiger partial charge in [-0.25, -0.2) is 18.1 Å². The highest BCUT2D eigenvalue weighted by molar-refractivity contribution is 7.89. The topological polar surface area (TPSA) is 97.4 Å². The van der Waals surface area contributed by atoms with Gasteiger partial charge in [-0.1, -0.05) is 6.07 Å². The molecule has 7 nitrogen and oxygen atoms in total. The Kier molecular flexibility index (Phi) is 6.08. The van der Waals surface area contributed by atoms with Crippen molar-refractivity contribution in [2.45, 2.75) is 50.2 Å². The highest BCUT2D eigenvalue weighted by Gasteiger charge is 2.20. The van der Waals surface area contributed by atoms with E-state index < -0.39 is 10.0 Å². The van der Waals surface area contributed by atoms with E-state index in [0.29, 0.717) is 17.1 Å². The van der Waals surface area contributed by atoms with Crippen LogP contribution >= 0.6 is 0 Å². The van der Waals surface area contributed by atoms with Crippen LogP contribution in [0.15, 0.2) is 47.5 Å². The van der Waals surface area contributed by atoms with Gasteiger partial charge in [-0.05, 0) is 56.0 Å². The summed E-state index contributed by atoms with van der Waals surface area (Å²) in [5.74, 6) is 0.267. The van der Waals surface area contributed by atoms with Gasteiger partial charge in [0, 0.05) is 30.9 Å². The summed E-state index contributed by atoms with van der Waals surface area (Å²) < 4.78 is 33.6. The van der Waals surface area contributed by atoms with Crippen molar-refractivity contribution in [3.8, 4) is 5.88 Å². The minimum atomic E-state index is -3.69. The molecule has 1 aliphatic carbocycles. The molecule has 2 aromatic rings. The van der Waals surface area contributed by atoms with E-state index in [0.717, 1.165) is 25.7 Å². The first-order valence-corrected chi connectivity index (χ1v) is 10.4. The summed E-state index contributed by atoms with van der Waals surface area (Å²) in [4.78, 5) is 15.4. The molecule has 1 heterocycles. The van der Waals surface area contributed by atoms with Gasteiger partial charge in [0.15, 0.2) is 0 Å². The normalized spacial score (nSPS) is 14.9. The van der Waals surface area contributed by atoms with E-state index in [4.69, 9.17) is 4.74 Å². The number of rotatable bonds is 7. The quantitative estimate of drug-likeness (QED) is 0.759. The van der Waals surface area contributed by atoms with Crippen molar-refractivity contribution in [2.24, 2.45) is 0 Å². The van der Waals surface area contributed by atoms with Gasteiger partial charge in [0.2, 0.25) is 21.8 Å². The minimum absolute atomic E-state index is 0.0890. The van der Waals surface area contributed by atoms with Gasteiger partial charge in [0.1, 0.15) is 6.10 Å². The van der Waals surface area contributed by atoms with Gasteiger partial charge < -0.3 is 10.1 Å². The molecule has 0 radical (unpaired) electrons. The van der Waals surface area contributed by atoms with Crippen LogP contribution in [0.25, 0.3) is 0 Å². The Morgan fingerprint density at radius 2 is 1.89 bits per heavy atom. The molecule has 1 saturated carbocycles. The van der Waals surface area contributed by atoms with Crippen LogP contribution in [-0.2, 0) is 21.4 Å². The second-order valence-electron chi connectivity index (χ2n) is 6.52. The maximum atomic E-state index is 12.5. The van der Waals surface area contributed by atoms with Crippen molar-refractivity contribution in [3.63, 3.8) is 0 Å². The SMILES string of the molecule is CC(=O)Nc1ccc(S(=O)(=O)NCc2cccnc2OC2CCCC2)cc1. The fourth-order valence-electron chi connectivity index (χ4n) is 3.01. The number of amides is 1. The number of ether oxygens (including phenoxy) is 1. The zero-order valence-corrected chi connectivity index (χ0v) is 16.0. The van der Waals surface area contributed by atoms with Gasteiger partial charge >= 0.3 is 0 Å². The summed E-state index contributed by atoms with van der Waals surface area (Å²) >= 11 is 0. The van der Waals surface area contributed by atoms with Crippen LogP contribution in [0, 0.1) is 0 Å². The van der Waals surface area contributed by atoms with Gasteiger partial charge in [-0.15, -0.1) is 0 Å². The Labute approximate surface area is 159 Å². The summed E-state index contributed by atoms with van der Waals surface area (Å²) in [5, 5.41) is 2.60. The van der Waals surface area contributed by atoms with Crippen LogP contribution in [0.3, 0.4) is 0 Å². The Balaban J connectivity index is 1.67. The van der Waals surface area contributed by atoms with E-state index >= 15 is 0 Å². The molecule has 0 unspecified atom stereocenters. The molecule has 0 aliphatic heterocycles. The number of sulfonamides is 1. The fraction of sp³-hybridized carbons (Fsp3) is 0.368. The first kappa shape index (κ1) is 19.3. The van der Waals surface area contributed by atoms with Gasteiger partial charge in [-0.2, -0.15) is 0 Å². The van der Waals surface area contributed by atoms with Crippen LogP contribution in [-0.4, -0.2) is 25.4 Å². The number of nitrogens with zero attached hydrogens (tertiary/aromatic N) is 1. The van der Waals surface area contributed by atoms with Crippen LogP contribution in [0.2, 0.25) is 0 Å². The number of benzene rings is 1. The van der Waals surface area contributed by atoms with Crippen molar-refractivity contribution in [3.05, 3.63) is 48.2 Å². The molecule has 0 saturated heterocycles. The summed E-state index contributed by atoms with van der Waals surface area (Å²) in [7, 11) is -3.69. The van der Waals surface area contributed by atoms with Crippen molar-refractivity contribution in [1.29, 1.82) is 0 Å².